The molecule has 1 aromatic rings. The van der Waals surface area contributed by atoms with Gasteiger partial charge in [-0.25, -0.2) is 0 Å². The van der Waals surface area contributed by atoms with Gasteiger partial charge >= 0.3 is 5.97 Å². The molecule has 1 aliphatic rings. The zero-order valence-corrected chi connectivity index (χ0v) is 16.9. The van der Waals surface area contributed by atoms with Crippen LogP contribution < -0.4 is 15.4 Å². The highest BCUT2D eigenvalue weighted by molar-refractivity contribution is 6.32. The molecule has 28 heavy (non-hydrogen) atoms. The minimum Gasteiger partial charge on any atom is -0.495 e. The van der Waals surface area contributed by atoms with Crippen molar-refractivity contribution < 1.29 is 23.9 Å². The number of carbonyl (C=O) groups excluding carboxylic acids is 3. The Kier molecular flexibility index (Phi) is 8.38. The van der Waals surface area contributed by atoms with Crippen LogP contribution in [0, 0.1) is 0 Å². The van der Waals surface area contributed by atoms with Crippen LogP contribution in [0.3, 0.4) is 0 Å². The molecule has 2 N–H and O–H groups in total. The van der Waals surface area contributed by atoms with Crippen LogP contribution in [-0.2, 0) is 19.1 Å². The van der Waals surface area contributed by atoms with Gasteiger partial charge in [-0.3, -0.25) is 14.4 Å². The number of rotatable bonds is 9. The molecule has 2 rings (SSSR count). The fraction of sp³-hybridized carbons (Fsp3) is 0.526. The number of methoxy groups -OCH3 is 1. The molecule has 1 saturated heterocycles. The third-order valence-electron chi connectivity index (χ3n) is 4.37. The van der Waals surface area contributed by atoms with Crippen molar-refractivity contribution in [1.29, 1.82) is 0 Å². The fourth-order valence-corrected chi connectivity index (χ4v) is 3.08. The molecular formula is C19H26ClN3O5. The maximum absolute atomic E-state index is 12.7. The second-order valence-corrected chi connectivity index (χ2v) is 6.78. The van der Waals surface area contributed by atoms with Crippen molar-refractivity contribution in [3.05, 3.63) is 23.2 Å². The van der Waals surface area contributed by atoms with Gasteiger partial charge in [0.25, 0.3) is 0 Å². The topological polar surface area (TPSA) is 97.0 Å². The molecule has 8 nitrogen and oxygen atoms in total. The fourth-order valence-electron chi connectivity index (χ4n) is 2.82. The summed E-state index contributed by atoms with van der Waals surface area (Å²) in [5.41, 5.74) is 0.649. The number of halogens is 1. The first-order valence-corrected chi connectivity index (χ1v) is 9.64. The summed E-state index contributed by atoms with van der Waals surface area (Å²) in [6.45, 7) is 2.96. The van der Waals surface area contributed by atoms with Gasteiger partial charge in [0.1, 0.15) is 11.8 Å². The molecule has 0 bridgehead atoms. The maximum Gasteiger partial charge on any atom is 0.308 e. The van der Waals surface area contributed by atoms with Crippen molar-refractivity contribution in [2.45, 2.75) is 32.2 Å². The molecule has 1 aromatic carbocycles. The van der Waals surface area contributed by atoms with Crippen molar-refractivity contribution >= 4 is 35.1 Å². The molecule has 1 atom stereocenters. The van der Waals surface area contributed by atoms with E-state index >= 15 is 0 Å². The van der Waals surface area contributed by atoms with Gasteiger partial charge in [0.15, 0.2) is 0 Å². The van der Waals surface area contributed by atoms with Crippen LogP contribution in [0.25, 0.3) is 0 Å². The molecule has 0 spiro atoms. The molecule has 0 radical (unpaired) electrons. The van der Waals surface area contributed by atoms with Crippen LogP contribution in [-0.4, -0.2) is 62.1 Å². The number of hydrogen-bond donors (Lipinski definition) is 2. The lowest BCUT2D eigenvalue weighted by atomic mass is 10.1. The summed E-state index contributed by atoms with van der Waals surface area (Å²) < 4.78 is 10.2. The number of ether oxygens (including phenoxy) is 2. The first-order chi connectivity index (χ1) is 13.5. The molecule has 1 unspecified atom stereocenters. The molecule has 9 heteroatoms. The van der Waals surface area contributed by atoms with Crippen LogP contribution in [0.1, 0.15) is 26.2 Å². The minimum atomic E-state index is -0.864. The Hall–Kier alpha value is -2.48. The van der Waals surface area contributed by atoms with E-state index in [0.717, 1.165) is 12.8 Å². The van der Waals surface area contributed by atoms with E-state index in [2.05, 4.69) is 10.6 Å². The van der Waals surface area contributed by atoms with Gasteiger partial charge in [0, 0.05) is 18.8 Å². The van der Waals surface area contributed by atoms with Crippen LogP contribution >= 0.6 is 11.6 Å². The van der Waals surface area contributed by atoms with Crippen molar-refractivity contribution in [2.75, 3.05) is 38.7 Å². The first kappa shape index (κ1) is 21.8. The second-order valence-electron chi connectivity index (χ2n) is 6.37. The molecule has 2 amide bonds. The average molecular weight is 412 g/mol. The zero-order valence-electron chi connectivity index (χ0n) is 16.1. The smallest absolute Gasteiger partial charge is 0.308 e. The molecular weight excluding hydrogens is 386 g/mol. The zero-order chi connectivity index (χ0) is 20.5. The summed E-state index contributed by atoms with van der Waals surface area (Å²) in [6, 6.07) is 4.22. The number of esters is 1. The third kappa shape index (κ3) is 6.02. The number of nitrogens with one attached hydrogen (secondary N) is 2. The molecule has 1 fully saturated rings. The van der Waals surface area contributed by atoms with Crippen molar-refractivity contribution in [1.82, 2.24) is 10.2 Å². The maximum atomic E-state index is 12.7. The van der Waals surface area contributed by atoms with Gasteiger partial charge in [0.2, 0.25) is 11.8 Å². The molecule has 1 heterocycles. The Morgan fingerprint density at radius 3 is 2.86 bits per heavy atom. The molecule has 0 aliphatic carbocycles. The van der Waals surface area contributed by atoms with E-state index in [1.165, 1.54) is 12.0 Å². The minimum absolute atomic E-state index is 0.0304. The Morgan fingerprint density at radius 2 is 2.18 bits per heavy atom. The second kappa shape index (κ2) is 10.8. The highest BCUT2D eigenvalue weighted by atomic mass is 35.5. The summed E-state index contributed by atoms with van der Waals surface area (Å²) in [4.78, 5) is 38.3. The summed E-state index contributed by atoms with van der Waals surface area (Å²) in [5, 5.41) is 6.10. The summed E-state index contributed by atoms with van der Waals surface area (Å²) in [7, 11) is 1.52. The number of anilines is 1. The predicted molar refractivity (Wildman–Crippen MR) is 105 cm³/mol. The van der Waals surface area contributed by atoms with Gasteiger partial charge in [-0.1, -0.05) is 24.9 Å². The number of carbonyl (C=O) groups is 3. The number of nitrogens with zero attached hydrogens (tertiary/aromatic N) is 1. The SMILES string of the molecule is CCCCOC(=O)CC1C(=O)NCCN1C(=O)CNc1ccc(OC)c(Cl)c1. The van der Waals surface area contributed by atoms with Gasteiger partial charge in [0.05, 0.1) is 31.7 Å². The van der Waals surface area contributed by atoms with E-state index in [0.29, 0.717) is 36.2 Å². The Labute approximate surface area is 169 Å². The Balaban J connectivity index is 1.95. The summed E-state index contributed by atoms with van der Waals surface area (Å²) in [6.07, 6.45) is 1.51. The van der Waals surface area contributed by atoms with Gasteiger partial charge in [-0.05, 0) is 24.6 Å². The Morgan fingerprint density at radius 1 is 1.39 bits per heavy atom. The lowest BCUT2D eigenvalue weighted by Crippen LogP contribution is -2.58. The number of piperazine rings is 1. The summed E-state index contributed by atoms with van der Waals surface area (Å²) >= 11 is 6.08. The number of benzene rings is 1. The number of unbranched alkanes of at least 4 members (excludes halogenated alkanes) is 1. The molecule has 154 valence electrons. The number of hydrogen-bond acceptors (Lipinski definition) is 6. The van der Waals surface area contributed by atoms with Crippen LogP contribution in [0.2, 0.25) is 5.02 Å². The predicted octanol–water partition coefficient (Wildman–Crippen LogP) is 1.82. The highest BCUT2D eigenvalue weighted by Crippen LogP contribution is 2.27. The van der Waals surface area contributed by atoms with E-state index in [1.807, 2.05) is 6.92 Å². The lowest BCUT2D eigenvalue weighted by Gasteiger charge is -2.34. The normalized spacial score (nSPS) is 16.3. The van der Waals surface area contributed by atoms with Crippen LogP contribution in [0.5, 0.6) is 5.75 Å². The largest absolute Gasteiger partial charge is 0.495 e. The van der Waals surface area contributed by atoms with Crippen molar-refractivity contribution in [3.8, 4) is 5.75 Å². The van der Waals surface area contributed by atoms with E-state index < -0.39 is 12.0 Å². The monoisotopic (exact) mass is 411 g/mol. The van der Waals surface area contributed by atoms with Crippen LogP contribution in [0.15, 0.2) is 18.2 Å². The molecule has 0 aromatic heterocycles. The molecule has 1 aliphatic heterocycles. The molecule has 0 saturated carbocycles. The first-order valence-electron chi connectivity index (χ1n) is 9.26. The lowest BCUT2D eigenvalue weighted by molar-refractivity contribution is -0.151. The average Bonchev–Trinajstić information content (AvgIpc) is 2.68. The van der Waals surface area contributed by atoms with Crippen LogP contribution in [0.4, 0.5) is 5.69 Å². The van der Waals surface area contributed by atoms with Gasteiger partial charge in [-0.2, -0.15) is 0 Å². The highest BCUT2D eigenvalue weighted by Gasteiger charge is 2.34. The van der Waals surface area contributed by atoms with E-state index in [-0.39, 0.29) is 24.8 Å². The van der Waals surface area contributed by atoms with E-state index in [4.69, 9.17) is 21.1 Å². The Bertz CT molecular complexity index is 713. The summed E-state index contributed by atoms with van der Waals surface area (Å²) in [5.74, 6) is -0.580. The van der Waals surface area contributed by atoms with E-state index in [1.54, 1.807) is 18.2 Å². The van der Waals surface area contributed by atoms with Crippen molar-refractivity contribution in [3.63, 3.8) is 0 Å². The standard InChI is InChI=1S/C19H26ClN3O5/c1-3-4-9-28-18(25)11-15-19(26)21-7-8-23(15)17(24)12-22-13-5-6-16(27-2)14(20)10-13/h5-6,10,15,22H,3-4,7-9,11-12H2,1-2H3,(H,21,26). The quantitative estimate of drug-likeness (QED) is 0.475. The number of amides is 2. The third-order valence-corrected chi connectivity index (χ3v) is 4.66. The van der Waals surface area contributed by atoms with Crippen molar-refractivity contribution in [2.24, 2.45) is 0 Å². The van der Waals surface area contributed by atoms with Gasteiger partial charge < -0.3 is 25.0 Å². The van der Waals surface area contributed by atoms with E-state index in [9.17, 15) is 14.4 Å². The van der Waals surface area contributed by atoms with Gasteiger partial charge in [-0.15, -0.1) is 0 Å².